The molecule has 1 aliphatic rings. The largest absolute Gasteiger partial charge is 0.490 e. The average molecular weight is 579 g/mol. The molecule has 41 heavy (non-hydrogen) atoms. The summed E-state index contributed by atoms with van der Waals surface area (Å²) in [6, 6.07) is 4.89. The number of fused-ring (bicyclic) bond motifs is 1. The Bertz CT molecular complexity index is 1060. The van der Waals surface area contributed by atoms with Gasteiger partial charge in [0.2, 0.25) is 5.82 Å². The highest BCUT2D eigenvalue weighted by Crippen LogP contribution is 2.39. The van der Waals surface area contributed by atoms with Crippen molar-refractivity contribution in [2.24, 2.45) is 0 Å². The maximum Gasteiger partial charge on any atom is 0.200 e. The van der Waals surface area contributed by atoms with E-state index in [0.717, 1.165) is 51.6 Å². The van der Waals surface area contributed by atoms with Crippen LogP contribution in [0.15, 0.2) is 18.2 Å². The first-order valence-electron chi connectivity index (χ1n) is 16.1. The topological polar surface area (TPSA) is 18.5 Å². The van der Waals surface area contributed by atoms with Gasteiger partial charge in [0.15, 0.2) is 23.2 Å². The van der Waals surface area contributed by atoms with Crippen LogP contribution < -0.4 is 4.74 Å². The average Bonchev–Trinajstić information content (AvgIpc) is 2.98. The molecule has 0 aromatic heterocycles. The van der Waals surface area contributed by atoms with Gasteiger partial charge in [-0.15, -0.1) is 0 Å². The molecule has 0 fully saturated rings. The molecule has 1 aliphatic carbocycles. The van der Waals surface area contributed by atoms with Gasteiger partial charge in [-0.2, -0.15) is 4.39 Å². The minimum absolute atomic E-state index is 0.0478. The van der Waals surface area contributed by atoms with E-state index in [1.165, 1.54) is 38.5 Å². The van der Waals surface area contributed by atoms with Crippen LogP contribution in [0.3, 0.4) is 0 Å². The van der Waals surface area contributed by atoms with Crippen molar-refractivity contribution in [1.82, 2.24) is 0 Å². The molecule has 0 heterocycles. The summed E-state index contributed by atoms with van der Waals surface area (Å²) in [4.78, 5) is 0. The summed E-state index contributed by atoms with van der Waals surface area (Å²) in [6.45, 7) is 6.20. The van der Waals surface area contributed by atoms with Crippen molar-refractivity contribution < 1.29 is 27.0 Å². The lowest BCUT2D eigenvalue weighted by molar-refractivity contribution is 0.126. The van der Waals surface area contributed by atoms with Gasteiger partial charge in [0.05, 0.1) is 6.61 Å². The first-order valence-corrected chi connectivity index (χ1v) is 16.1. The summed E-state index contributed by atoms with van der Waals surface area (Å²) in [5, 5.41) is 0. The van der Waals surface area contributed by atoms with Crippen LogP contribution in [0.2, 0.25) is 0 Å². The van der Waals surface area contributed by atoms with Crippen LogP contribution in [0.4, 0.5) is 17.6 Å². The van der Waals surface area contributed by atoms with Gasteiger partial charge >= 0.3 is 0 Å². The van der Waals surface area contributed by atoms with E-state index in [1.807, 2.05) is 0 Å². The standard InChI is InChI=1S/C35H50F4O2/c1-3-5-7-9-10-15-23-41-31-25-28-18-17-27(24-30(28)34(38)35(31)39)29-20-19-26(32(36)33(29)37)16-12-11-14-22-40-21-13-8-6-4-2/h19-20,25,27H,3-18,21-24H2,1-2H3. The zero-order valence-corrected chi connectivity index (χ0v) is 25.3. The minimum atomic E-state index is -0.987. The Morgan fingerprint density at radius 3 is 2.05 bits per heavy atom. The fourth-order valence-corrected chi connectivity index (χ4v) is 5.79. The fourth-order valence-electron chi connectivity index (χ4n) is 5.79. The van der Waals surface area contributed by atoms with E-state index in [0.29, 0.717) is 43.6 Å². The van der Waals surface area contributed by atoms with Crippen LogP contribution in [-0.4, -0.2) is 19.8 Å². The van der Waals surface area contributed by atoms with Crippen molar-refractivity contribution >= 4 is 0 Å². The summed E-state index contributed by atoms with van der Waals surface area (Å²) < 4.78 is 71.3. The van der Waals surface area contributed by atoms with Gasteiger partial charge in [-0.05, 0) is 85.6 Å². The molecule has 0 spiro atoms. The number of aryl methyl sites for hydroxylation is 2. The normalized spacial score (nSPS) is 14.8. The van der Waals surface area contributed by atoms with Crippen molar-refractivity contribution in [3.05, 3.63) is 63.7 Å². The van der Waals surface area contributed by atoms with Crippen LogP contribution in [-0.2, 0) is 24.0 Å². The first kappa shape index (κ1) is 33.4. The van der Waals surface area contributed by atoms with Gasteiger partial charge in [-0.3, -0.25) is 0 Å². The minimum Gasteiger partial charge on any atom is -0.490 e. The maximum atomic E-state index is 15.2. The Labute approximate surface area is 245 Å². The lowest BCUT2D eigenvalue weighted by atomic mass is 9.79. The Balaban J connectivity index is 1.49. The van der Waals surface area contributed by atoms with Crippen molar-refractivity contribution in [3.8, 4) is 5.75 Å². The number of ether oxygens (including phenoxy) is 2. The second kappa shape index (κ2) is 18.5. The zero-order chi connectivity index (χ0) is 29.5. The number of benzene rings is 2. The molecule has 2 nitrogen and oxygen atoms in total. The van der Waals surface area contributed by atoms with Crippen LogP contribution in [0, 0.1) is 23.3 Å². The van der Waals surface area contributed by atoms with Gasteiger partial charge in [-0.1, -0.05) is 83.8 Å². The zero-order valence-electron chi connectivity index (χ0n) is 25.3. The van der Waals surface area contributed by atoms with Gasteiger partial charge < -0.3 is 9.47 Å². The molecular weight excluding hydrogens is 528 g/mol. The van der Waals surface area contributed by atoms with Crippen LogP contribution in [0.25, 0.3) is 0 Å². The molecule has 1 unspecified atom stereocenters. The molecule has 0 amide bonds. The molecule has 0 N–H and O–H groups in total. The number of rotatable bonds is 20. The smallest absolute Gasteiger partial charge is 0.200 e. The highest BCUT2D eigenvalue weighted by atomic mass is 19.2. The molecule has 0 radical (unpaired) electrons. The highest BCUT2D eigenvalue weighted by Gasteiger charge is 2.29. The fraction of sp³-hybridized carbons (Fsp3) is 0.657. The monoisotopic (exact) mass is 578 g/mol. The Morgan fingerprint density at radius 1 is 0.683 bits per heavy atom. The molecule has 0 saturated carbocycles. The van der Waals surface area contributed by atoms with E-state index in [9.17, 15) is 8.78 Å². The quantitative estimate of drug-likeness (QED) is 0.115. The Morgan fingerprint density at radius 2 is 1.32 bits per heavy atom. The van der Waals surface area contributed by atoms with E-state index in [4.69, 9.17) is 9.47 Å². The molecule has 3 rings (SSSR count). The summed E-state index contributed by atoms with van der Waals surface area (Å²) in [6.07, 6.45) is 15.4. The number of unbranched alkanes of at least 4 members (excludes halogenated alkanes) is 10. The predicted molar refractivity (Wildman–Crippen MR) is 159 cm³/mol. The first-order chi connectivity index (χ1) is 20.0. The van der Waals surface area contributed by atoms with Crippen molar-refractivity contribution in [2.45, 2.75) is 129 Å². The predicted octanol–water partition coefficient (Wildman–Crippen LogP) is 10.6. The van der Waals surface area contributed by atoms with Crippen LogP contribution in [0.5, 0.6) is 5.75 Å². The van der Waals surface area contributed by atoms with Crippen LogP contribution in [0.1, 0.15) is 132 Å². The number of hydrogen-bond acceptors (Lipinski definition) is 2. The SMILES string of the molecule is CCCCCCCCOc1cc2c(c(F)c1F)CC(c1ccc(CCCCCOCCCCCC)c(F)c1F)CC2. The maximum absolute atomic E-state index is 15.2. The van der Waals surface area contributed by atoms with Crippen LogP contribution >= 0.6 is 0 Å². The van der Waals surface area contributed by atoms with E-state index in [-0.39, 0.29) is 23.3 Å². The molecule has 6 heteroatoms. The molecule has 230 valence electrons. The van der Waals surface area contributed by atoms with Gasteiger partial charge in [0.25, 0.3) is 0 Å². The lowest BCUT2D eigenvalue weighted by Crippen LogP contribution is -2.18. The van der Waals surface area contributed by atoms with E-state index >= 15 is 8.78 Å². The van der Waals surface area contributed by atoms with Gasteiger partial charge in [-0.25, -0.2) is 13.2 Å². The van der Waals surface area contributed by atoms with Crippen molar-refractivity contribution in [1.29, 1.82) is 0 Å². The summed E-state index contributed by atoms with van der Waals surface area (Å²) in [5.41, 5.74) is 1.56. The summed E-state index contributed by atoms with van der Waals surface area (Å²) >= 11 is 0. The number of halogens is 4. The van der Waals surface area contributed by atoms with Gasteiger partial charge in [0, 0.05) is 13.2 Å². The second-order valence-corrected chi connectivity index (χ2v) is 11.6. The highest BCUT2D eigenvalue weighted by molar-refractivity contribution is 5.42. The molecular formula is C35H50F4O2. The molecule has 0 bridgehead atoms. The van der Waals surface area contributed by atoms with Crippen molar-refractivity contribution in [2.75, 3.05) is 19.8 Å². The third kappa shape index (κ3) is 10.3. The Hall–Kier alpha value is -2.08. The lowest BCUT2D eigenvalue weighted by Gasteiger charge is -2.27. The molecule has 2 aromatic carbocycles. The van der Waals surface area contributed by atoms with Crippen molar-refractivity contribution in [3.63, 3.8) is 0 Å². The summed E-state index contributed by atoms with van der Waals surface area (Å²) in [7, 11) is 0. The Kier molecular flexibility index (Phi) is 15.0. The third-order valence-electron chi connectivity index (χ3n) is 8.34. The summed E-state index contributed by atoms with van der Waals surface area (Å²) in [5.74, 6) is -4.03. The van der Waals surface area contributed by atoms with E-state index < -0.39 is 29.2 Å². The third-order valence-corrected chi connectivity index (χ3v) is 8.34. The van der Waals surface area contributed by atoms with E-state index in [1.54, 1.807) is 18.2 Å². The molecule has 2 aromatic rings. The molecule has 0 aliphatic heterocycles. The van der Waals surface area contributed by atoms with Gasteiger partial charge in [0.1, 0.15) is 0 Å². The second-order valence-electron chi connectivity index (χ2n) is 11.6. The molecule has 1 atom stereocenters. The van der Waals surface area contributed by atoms with E-state index in [2.05, 4.69) is 13.8 Å². The molecule has 0 saturated heterocycles. The number of hydrogen-bond donors (Lipinski definition) is 0.